The van der Waals surface area contributed by atoms with E-state index in [4.69, 9.17) is 9.26 Å². The molecule has 1 N–H and O–H groups in total. The molecule has 1 aromatic carbocycles. The molecule has 0 spiro atoms. The van der Waals surface area contributed by atoms with Crippen molar-refractivity contribution < 1.29 is 24.0 Å². The quantitative estimate of drug-likeness (QED) is 0.885. The number of aromatic nitrogens is 1. The van der Waals surface area contributed by atoms with Crippen molar-refractivity contribution in [2.45, 2.75) is 26.5 Å². The van der Waals surface area contributed by atoms with Gasteiger partial charge in [0.25, 0.3) is 5.91 Å². The van der Waals surface area contributed by atoms with E-state index in [1.165, 1.54) is 4.90 Å². The first-order valence-electron chi connectivity index (χ1n) is 8.30. The topological polar surface area (TPSA) is 96.1 Å². The summed E-state index contributed by atoms with van der Waals surface area (Å²) in [5.41, 5.74) is 1.16. The van der Waals surface area contributed by atoms with Gasteiger partial charge in [0.05, 0.1) is 19.3 Å². The number of anilines is 1. The number of hydrogen-bond acceptors (Lipinski definition) is 6. The number of carbonyl (C=O) groups excluding carboxylic acids is 2. The van der Waals surface area contributed by atoms with E-state index >= 15 is 0 Å². The minimum Gasteiger partial charge on any atom is -0.497 e. The van der Waals surface area contributed by atoms with Crippen LogP contribution in [0.25, 0.3) is 0 Å². The number of piperazine rings is 1. The van der Waals surface area contributed by atoms with Gasteiger partial charge in [0.1, 0.15) is 17.6 Å². The molecule has 0 aliphatic carbocycles. The van der Waals surface area contributed by atoms with Gasteiger partial charge in [-0.15, -0.1) is 0 Å². The average molecular weight is 359 g/mol. The first-order valence-corrected chi connectivity index (χ1v) is 8.30. The maximum Gasteiger partial charge on any atom is 0.277 e. The summed E-state index contributed by atoms with van der Waals surface area (Å²) in [4.78, 5) is 28.7. The maximum absolute atomic E-state index is 12.8. The van der Waals surface area contributed by atoms with Crippen molar-refractivity contribution >= 4 is 17.5 Å². The zero-order valence-corrected chi connectivity index (χ0v) is 14.9. The highest BCUT2D eigenvalue weighted by Crippen LogP contribution is 2.25. The Hall–Kier alpha value is -2.87. The lowest BCUT2D eigenvalue weighted by molar-refractivity contribution is -0.124. The summed E-state index contributed by atoms with van der Waals surface area (Å²) in [5.74, 6) is 0.509. The molecular weight excluding hydrogens is 338 g/mol. The van der Waals surface area contributed by atoms with Crippen LogP contribution in [0.4, 0.5) is 5.69 Å². The van der Waals surface area contributed by atoms with Gasteiger partial charge in [-0.05, 0) is 38.1 Å². The summed E-state index contributed by atoms with van der Waals surface area (Å²) in [6.07, 6.45) is 0. The molecule has 26 heavy (non-hydrogen) atoms. The molecule has 2 amide bonds. The number of ether oxygens (including phenoxy) is 1. The van der Waals surface area contributed by atoms with Crippen molar-refractivity contribution in [3.63, 3.8) is 0 Å². The number of benzene rings is 1. The van der Waals surface area contributed by atoms with Gasteiger partial charge in [-0.2, -0.15) is 0 Å². The van der Waals surface area contributed by atoms with E-state index in [0.29, 0.717) is 30.2 Å². The van der Waals surface area contributed by atoms with Crippen LogP contribution in [0.3, 0.4) is 0 Å². The number of rotatable bonds is 4. The van der Waals surface area contributed by atoms with Crippen LogP contribution in [0.2, 0.25) is 0 Å². The number of hydrogen-bond donors (Lipinski definition) is 1. The Bertz CT molecular complexity index is 815. The molecule has 1 fully saturated rings. The summed E-state index contributed by atoms with van der Waals surface area (Å²) in [5, 5.41) is 13.2. The Morgan fingerprint density at radius 2 is 2.04 bits per heavy atom. The van der Waals surface area contributed by atoms with Crippen LogP contribution in [0.15, 0.2) is 28.8 Å². The highest BCUT2D eigenvalue weighted by Gasteiger charge is 2.37. The van der Waals surface area contributed by atoms with Crippen LogP contribution < -0.4 is 9.64 Å². The second-order valence-corrected chi connectivity index (χ2v) is 6.09. The molecule has 138 valence electrons. The largest absolute Gasteiger partial charge is 0.497 e. The van der Waals surface area contributed by atoms with Crippen molar-refractivity contribution in [2.75, 3.05) is 25.1 Å². The Kier molecular flexibility index (Phi) is 4.94. The van der Waals surface area contributed by atoms with Gasteiger partial charge in [0.15, 0.2) is 5.69 Å². The van der Waals surface area contributed by atoms with Crippen molar-refractivity contribution in [1.29, 1.82) is 0 Å². The van der Waals surface area contributed by atoms with E-state index in [0.717, 1.165) is 5.69 Å². The summed E-state index contributed by atoms with van der Waals surface area (Å²) >= 11 is 0. The second-order valence-electron chi connectivity index (χ2n) is 6.09. The minimum atomic E-state index is -0.651. The summed E-state index contributed by atoms with van der Waals surface area (Å²) in [6.45, 7) is 3.69. The molecule has 1 unspecified atom stereocenters. The van der Waals surface area contributed by atoms with Crippen molar-refractivity contribution in [2.24, 2.45) is 0 Å². The third-order valence-electron chi connectivity index (χ3n) is 4.65. The fourth-order valence-electron chi connectivity index (χ4n) is 3.05. The summed E-state index contributed by atoms with van der Waals surface area (Å²) in [7, 11) is 1.58. The lowest BCUT2D eigenvalue weighted by Gasteiger charge is -2.38. The molecule has 1 saturated heterocycles. The number of methoxy groups -OCH3 is 1. The number of carbonyl (C=O) groups is 2. The van der Waals surface area contributed by atoms with Crippen LogP contribution in [0, 0.1) is 6.92 Å². The van der Waals surface area contributed by atoms with Crippen LogP contribution in [-0.4, -0.2) is 53.2 Å². The minimum absolute atomic E-state index is 0.0579. The predicted octanol–water partition coefficient (Wildman–Crippen LogP) is 1.36. The number of nitrogens with zero attached hydrogens (tertiary/aromatic N) is 3. The summed E-state index contributed by atoms with van der Waals surface area (Å²) < 4.78 is 10.1. The molecule has 0 radical (unpaired) electrons. The van der Waals surface area contributed by atoms with E-state index in [9.17, 15) is 14.7 Å². The van der Waals surface area contributed by atoms with Gasteiger partial charge in [-0.25, -0.2) is 0 Å². The molecule has 8 nitrogen and oxygen atoms in total. The number of aliphatic hydroxyl groups is 1. The first-order chi connectivity index (χ1) is 12.5. The van der Waals surface area contributed by atoms with Crippen LogP contribution in [-0.2, 0) is 11.4 Å². The molecule has 1 aliphatic heterocycles. The zero-order chi connectivity index (χ0) is 18.8. The molecule has 3 rings (SSSR count). The normalized spacial score (nSPS) is 17.5. The molecule has 1 atom stereocenters. The van der Waals surface area contributed by atoms with E-state index < -0.39 is 11.9 Å². The Balaban J connectivity index is 1.79. The van der Waals surface area contributed by atoms with Gasteiger partial charge in [-0.3, -0.25) is 9.59 Å². The van der Waals surface area contributed by atoms with E-state index in [2.05, 4.69) is 5.16 Å². The van der Waals surface area contributed by atoms with Crippen molar-refractivity contribution in [3.8, 4) is 5.75 Å². The van der Waals surface area contributed by atoms with Gasteiger partial charge >= 0.3 is 0 Å². The van der Waals surface area contributed by atoms with E-state index in [1.807, 2.05) is 12.1 Å². The molecule has 2 aromatic rings. The third-order valence-corrected chi connectivity index (χ3v) is 4.65. The smallest absolute Gasteiger partial charge is 0.277 e. The number of amides is 2. The van der Waals surface area contributed by atoms with Gasteiger partial charge in [0, 0.05) is 18.8 Å². The molecule has 1 aromatic heterocycles. The molecule has 2 heterocycles. The van der Waals surface area contributed by atoms with Crippen LogP contribution in [0.5, 0.6) is 5.75 Å². The lowest BCUT2D eigenvalue weighted by Crippen LogP contribution is -2.58. The SMILES string of the molecule is COc1ccc(N2CCN(C(=O)c3noc(C)c3CO)C(C)C2=O)cc1. The Morgan fingerprint density at radius 1 is 1.35 bits per heavy atom. The Morgan fingerprint density at radius 3 is 2.65 bits per heavy atom. The fraction of sp³-hybridized carbons (Fsp3) is 0.389. The molecule has 1 aliphatic rings. The van der Waals surface area contributed by atoms with Crippen LogP contribution in [0.1, 0.15) is 28.7 Å². The third kappa shape index (κ3) is 3.03. The number of aryl methyl sites for hydroxylation is 1. The Labute approximate surface area is 150 Å². The fourth-order valence-corrected chi connectivity index (χ4v) is 3.05. The predicted molar refractivity (Wildman–Crippen MR) is 93.0 cm³/mol. The van der Waals surface area contributed by atoms with Gasteiger partial charge < -0.3 is 24.2 Å². The molecule has 0 saturated carbocycles. The molecule has 0 bridgehead atoms. The maximum atomic E-state index is 12.8. The summed E-state index contributed by atoms with van der Waals surface area (Å²) in [6, 6.07) is 6.55. The lowest BCUT2D eigenvalue weighted by atomic mass is 10.1. The average Bonchev–Trinajstić information content (AvgIpc) is 3.04. The second kappa shape index (κ2) is 7.17. The van der Waals surface area contributed by atoms with E-state index in [-0.39, 0.29) is 18.2 Å². The van der Waals surface area contributed by atoms with E-state index in [1.54, 1.807) is 38.0 Å². The number of aliphatic hydroxyl groups excluding tert-OH is 1. The monoisotopic (exact) mass is 359 g/mol. The highest BCUT2D eigenvalue weighted by molar-refractivity contribution is 6.03. The first kappa shape index (κ1) is 17.9. The van der Waals surface area contributed by atoms with Crippen molar-refractivity contribution in [1.82, 2.24) is 10.1 Å². The van der Waals surface area contributed by atoms with Gasteiger partial charge in [-0.1, -0.05) is 5.16 Å². The molecular formula is C18H21N3O5. The van der Waals surface area contributed by atoms with Crippen LogP contribution >= 0.6 is 0 Å². The molecule has 8 heteroatoms. The standard InChI is InChI=1S/C18H21N3O5/c1-11-17(23)21(13-4-6-14(25-3)7-5-13)9-8-20(11)18(24)16-15(10-22)12(2)26-19-16/h4-7,11,22H,8-10H2,1-3H3. The van der Waals surface area contributed by atoms with Crippen molar-refractivity contribution in [3.05, 3.63) is 41.3 Å². The van der Waals surface area contributed by atoms with Gasteiger partial charge in [0.2, 0.25) is 5.91 Å². The highest BCUT2D eigenvalue weighted by atomic mass is 16.5. The zero-order valence-electron chi connectivity index (χ0n) is 14.9.